The van der Waals surface area contributed by atoms with E-state index in [4.69, 9.17) is 11.6 Å². The van der Waals surface area contributed by atoms with Gasteiger partial charge in [-0.3, -0.25) is 4.90 Å². The average Bonchev–Trinajstić information content (AvgIpc) is 2.55. The van der Waals surface area contributed by atoms with Crippen molar-refractivity contribution in [1.82, 2.24) is 10.2 Å². The van der Waals surface area contributed by atoms with E-state index in [0.29, 0.717) is 0 Å². The van der Waals surface area contributed by atoms with Crippen LogP contribution in [0.25, 0.3) is 0 Å². The van der Waals surface area contributed by atoms with E-state index in [1.165, 1.54) is 12.0 Å². The molecule has 1 unspecified atom stereocenters. The maximum Gasteiger partial charge on any atom is 0.0451 e. The highest BCUT2D eigenvalue weighted by atomic mass is 35.5. The molecule has 1 aliphatic heterocycles. The van der Waals surface area contributed by atoms with Crippen LogP contribution in [0, 0.1) is 0 Å². The molecule has 2 rings (SSSR count). The van der Waals surface area contributed by atoms with E-state index in [1.807, 2.05) is 12.1 Å². The van der Waals surface area contributed by atoms with Crippen LogP contribution in [0.4, 0.5) is 0 Å². The minimum absolute atomic E-state index is 0.234. The van der Waals surface area contributed by atoms with Gasteiger partial charge in [0.15, 0.2) is 0 Å². The Bertz CT molecular complexity index is 394. The van der Waals surface area contributed by atoms with Crippen molar-refractivity contribution in [2.75, 3.05) is 19.6 Å². The summed E-state index contributed by atoms with van der Waals surface area (Å²) in [4.78, 5) is 2.52. The number of halogens is 1. The van der Waals surface area contributed by atoms with E-state index in [2.05, 4.69) is 36.2 Å². The summed E-state index contributed by atoms with van der Waals surface area (Å²) >= 11 is 6.25. The molecule has 100 valence electrons. The first-order valence-electron chi connectivity index (χ1n) is 6.84. The van der Waals surface area contributed by atoms with E-state index in [1.54, 1.807) is 0 Å². The number of hydrogen-bond donors (Lipinski definition) is 1. The molecule has 0 spiro atoms. The predicted molar refractivity (Wildman–Crippen MR) is 78.0 cm³/mol. The molecule has 18 heavy (non-hydrogen) atoms. The van der Waals surface area contributed by atoms with Crippen molar-refractivity contribution in [3.05, 3.63) is 34.9 Å². The van der Waals surface area contributed by atoms with Crippen LogP contribution in [0.3, 0.4) is 0 Å². The summed E-state index contributed by atoms with van der Waals surface area (Å²) in [5.74, 6) is 0. The molecule has 0 radical (unpaired) electrons. The molecule has 1 heterocycles. The van der Waals surface area contributed by atoms with Crippen molar-refractivity contribution in [2.24, 2.45) is 0 Å². The molecule has 2 nitrogen and oxygen atoms in total. The van der Waals surface area contributed by atoms with Crippen LogP contribution in [-0.2, 0) is 6.54 Å². The maximum absolute atomic E-state index is 6.25. The van der Waals surface area contributed by atoms with E-state index in [0.717, 1.165) is 37.6 Å². The van der Waals surface area contributed by atoms with Gasteiger partial charge in [0.05, 0.1) is 0 Å². The maximum atomic E-state index is 6.25. The van der Waals surface area contributed by atoms with E-state index < -0.39 is 0 Å². The first-order valence-corrected chi connectivity index (χ1v) is 7.21. The summed E-state index contributed by atoms with van der Waals surface area (Å²) in [5.41, 5.74) is 1.47. The van der Waals surface area contributed by atoms with Gasteiger partial charge in [-0.15, -0.1) is 0 Å². The fourth-order valence-corrected chi connectivity index (χ4v) is 2.76. The second-order valence-corrected chi connectivity index (χ2v) is 5.90. The standard InChI is InChI=1S/C15H23ClN2/c1-3-15(2)12-18(10-6-9-17-15)11-13-7-4-5-8-14(13)16/h4-5,7-8,17H,3,6,9-12H2,1-2H3. The first kappa shape index (κ1) is 13.9. The van der Waals surface area contributed by atoms with Crippen LogP contribution in [-0.4, -0.2) is 30.1 Å². The van der Waals surface area contributed by atoms with E-state index >= 15 is 0 Å². The average molecular weight is 267 g/mol. The first-order chi connectivity index (χ1) is 8.63. The van der Waals surface area contributed by atoms with Crippen molar-refractivity contribution >= 4 is 11.6 Å². The second-order valence-electron chi connectivity index (χ2n) is 5.50. The van der Waals surface area contributed by atoms with Gasteiger partial charge in [0.25, 0.3) is 0 Å². The molecule has 1 aromatic carbocycles. The zero-order valence-electron chi connectivity index (χ0n) is 11.4. The summed E-state index contributed by atoms with van der Waals surface area (Å²) in [7, 11) is 0. The Labute approximate surface area is 115 Å². The highest BCUT2D eigenvalue weighted by molar-refractivity contribution is 6.31. The third-order valence-electron chi connectivity index (χ3n) is 3.91. The quantitative estimate of drug-likeness (QED) is 0.903. The minimum Gasteiger partial charge on any atom is -0.310 e. The normalized spacial score (nSPS) is 25.9. The monoisotopic (exact) mass is 266 g/mol. The molecule has 3 heteroatoms. The number of hydrogen-bond acceptors (Lipinski definition) is 2. The lowest BCUT2D eigenvalue weighted by Gasteiger charge is -2.32. The predicted octanol–water partition coefficient (Wildman–Crippen LogP) is 3.30. The molecule has 0 saturated carbocycles. The summed E-state index contributed by atoms with van der Waals surface area (Å²) in [5, 5.41) is 4.55. The van der Waals surface area contributed by atoms with Crippen molar-refractivity contribution in [3.63, 3.8) is 0 Å². The van der Waals surface area contributed by atoms with Gasteiger partial charge in [-0.1, -0.05) is 36.7 Å². The zero-order chi connectivity index (χ0) is 13.0. The summed E-state index contributed by atoms with van der Waals surface area (Å²) in [6, 6.07) is 8.16. The SMILES string of the molecule is CCC1(C)CN(Cc2ccccc2Cl)CCCN1. The molecule has 1 fully saturated rings. The molecule has 1 aliphatic rings. The lowest BCUT2D eigenvalue weighted by Crippen LogP contribution is -2.48. The number of rotatable bonds is 3. The lowest BCUT2D eigenvalue weighted by atomic mass is 9.98. The topological polar surface area (TPSA) is 15.3 Å². The van der Waals surface area contributed by atoms with Gasteiger partial charge in [0, 0.05) is 23.7 Å². The molecular weight excluding hydrogens is 244 g/mol. The third kappa shape index (κ3) is 3.47. The van der Waals surface area contributed by atoms with Crippen molar-refractivity contribution in [1.29, 1.82) is 0 Å². The van der Waals surface area contributed by atoms with Crippen LogP contribution in [0.2, 0.25) is 5.02 Å². The van der Waals surface area contributed by atoms with Gasteiger partial charge in [-0.25, -0.2) is 0 Å². The molecule has 1 saturated heterocycles. The molecule has 0 amide bonds. The van der Waals surface area contributed by atoms with Gasteiger partial charge in [-0.2, -0.15) is 0 Å². The molecule has 1 atom stereocenters. The van der Waals surface area contributed by atoms with Crippen molar-refractivity contribution in [3.8, 4) is 0 Å². The van der Waals surface area contributed by atoms with Gasteiger partial charge >= 0.3 is 0 Å². The van der Waals surface area contributed by atoms with Crippen molar-refractivity contribution in [2.45, 2.75) is 38.8 Å². The van der Waals surface area contributed by atoms with Gasteiger partial charge < -0.3 is 5.32 Å². The zero-order valence-corrected chi connectivity index (χ0v) is 12.1. The van der Waals surface area contributed by atoms with Crippen LogP contribution >= 0.6 is 11.6 Å². The lowest BCUT2D eigenvalue weighted by molar-refractivity contribution is 0.208. The fourth-order valence-electron chi connectivity index (χ4n) is 2.56. The Morgan fingerprint density at radius 2 is 2.17 bits per heavy atom. The molecule has 1 aromatic rings. The molecule has 0 bridgehead atoms. The minimum atomic E-state index is 0.234. The summed E-state index contributed by atoms with van der Waals surface area (Å²) in [6.45, 7) is 8.88. The van der Waals surface area contributed by atoms with Crippen LogP contribution in [0.1, 0.15) is 32.3 Å². The van der Waals surface area contributed by atoms with Gasteiger partial charge in [0.1, 0.15) is 0 Å². The molecular formula is C15H23ClN2. The number of nitrogens with zero attached hydrogens (tertiary/aromatic N) is 1. The Morgan fingerprint density at radius 1 is 1.39 bits per heavy atom. The van der Waals surface area contributed by atoms with E-state index in [-0.39, 0.29) is 5.54 Å². The molecule has 0 aliphatic carbocycles. The highest BCUT2D eigenvalue weighted by Gasteiger charge is 2.27. The fraction of sp³-hybridized carbons (Fsp3) is 0.600. The van der Waals surface area contributed by atoms with Gasteiger partial charge in [0.2, 0.25) is 0 Å². The van der Waals surface area contributed by atoms with Gasteiger partial charge in [-0.05, 0) is 44.5 Å². The second kappa shape index (κ2) is 6.05. The van der Waals surface area contributed by atoms with E-state index in [9.17, 15) is 0 Å². The molecule has 0 aromatic heterocycles. The van der Waals surface area contributed by atoms with Crippen LogP contribution in [0.15, 0.2) is 24.3 Å². The smallest absolute Gasteiger partial charge is 0.0451 e. The Kier molecular flexibility index (Phi) is 4.66. The van der Waals surface area contributed by atoms with Crippen molar-refractivity contribution < 1.29 is 0 Å². The number of nitrogens with one attached hydrogen (secondary N) is 1. The Balaban J connectivity index is 2.06. The molecule has 1 N–H and O–H groups in total. The number of benzene rings is 1. The van der Waals surface area contributed by atoms with Crippen LogP contribution < -0.4 is 5.32 Å². The Morgan fingerprint density at radius 3 is 2.89 bits per heavy atom. The third-order valence-corrected chi connectivity index (χ3v) is 4.28. The summed E-state index contributed by atoms with van der Waals surface area (Å²) in [6.07, 6.45) is 2.37. The van der Waals surface area contributed by atoms with Crippen LogP contribution in [0.5, 0.6) is 0 Å². The highest BCUT2D eigenvalue weighted by Crippen LogP contribution is 2.21. The largest absolute Gasteiger partial charge is 0.310 e. The summed E-state index contributed by atoms with van der Waals surface area (Å²) < 4.78 is 0. The Hall–Kier alpha value is -0.570.